The molecule has 0 aromatic heterocycles. The Bertz CT molecular complexity index is 437. The van der Waals surface area contributed by atoms with E-state index in [0.717, 1.165) is 32.0 Å². The molecule has 2 aliphatic rings. The van der Waals surface area contributed by atoms with Gasteiger partial charge in [-0.25, -0.2) is 0 Å². The predicted octanol–water partition coefficient (Wildman–Crippen LogP) is 1.36. The normalized spacial score (nSPS) is 18.3. The van der Waals surface area contributed by atoms with Crippen LogP contribution in [-0.2, 0) is 6.42 Å². The van der Waals surface area contributed by atoms with E-state index in [1.54, 1.807) is 0 Å². The molecule has 84 valence electrons. The highest BCUT2D eigenvalue weighted by molar-refractivity contribution is 5.88. The molecule has 0 fully saturated rings. The van der Waals surface area contributed by atoms with Crippen molar-refractivity contribution in [2.24, 2.45) is 4.99 Å². The van der Waals surface area contributed by atoms with Gasteiger partial charge in [0.05, 0.1) is 13.1 Å². The number of hydrogen-bond acceptors (Lipinski definition) is 3. The summed E-state index contributed by atoms with van der Waals surface area (Å²) in [5, 5.41) is 3.34. The van der Waals surface area contributed by atoms with Crippen molar-refractivity contribution in [3.8, 4) is 0 Å². The molecule has 3 nitrogen and oxygen atoms in total. The first-order valence-corrected chi connectivity index (χ1v) is 5.95. The van der Waals surface area contributed by atoms with Crippen molar-refractivity contribution in [1.82, 2.24) is 5.32 Å². The van der Waals surface area contributed by atoms with Gasteiger partial charge >= 0.3 is 0 Å². The van der Waals surface area contributed by atoms with Crippen LogP contribution in [0.25, 0.3) is 0 Å². The molecule has 0 unspecified atom stereocenters. The fourth-order valence-electron chi connectivity index (χ4n) is 2.63. The van der Waals surface area contributed by atoms with Crippen molar-refractivity contribution < 1.29 is 0 Å². The number of aryl methyl sites for hydroxylation is 1. The number of benzene rings is 1. The Morgan fingerprint density at radius 1 is 1.44 bits per heavy atom. The molecule has 0 bridgehead atoms. The van der Waals surface area contributed by atoms with Crippen molar-refractivity contribution in [2.75, 3.05) is 31.1 Å². The van der Waals surface area contributed by atoms with Crippen LogP contribution >= 0.6 is 0 Å². The smallest absolute Gasteiger partial charge is 0.116 e. The van der Waals surface area contributed by atoms with Crippen LogP contribution < -0.4 is 10.2 Å². The zero-order valence-corrected chi connectivity index (χ0v) is 9.66. The summed E-state index contributed by atoms with van der Waals surface area (Å²) in [5.74, 6) is 1.15. The maximum absolute atomic E-state index is 4.47. The minimum absolute atomic E-state index is 0.934. The van der Waals surface area contributed by atoms with Gasteiger partial charge in [-0.15, -0.1) is 0 Å². The number of para-hydroxylation sites is 1. The topological polar surface area (TPSA) is 27.6 Å². The highest BCUT2D eigenvalue weighted by atomic mass is 15.2. The van der Waals surface area contributed by atoms with Crippen molar-refractivity contribution in [3.63, 3.8) is 0 Å². The standard InChI is InChI=1S/C13H17N3/c1-10-3-2-4-11-5-8-16(13(10)11)9-12-14-6-7-15-12/h2-4H,5-9H2,1H3,(H,14,15). The van der Waals surface area contributed by atoms with Gasteiger partial charge < -0.3 is 10.2 Å². The molecular weight excluding hydrogens is 198 g/mol. The van der Waals surface area contributed by atoms with Crippen LogP contribution in [0.15, 0.2) is 23.2 Å². The minimum Gasteiger partial charge on any atom is -0.370 e. The van der Waals surface area contributed by atoms with Gasteiger partial charge in [0.25, 0.3) is 0 Å². The lowest BCUT2D eigenvalue weighted by atomic mass is 10.1. The van der Waals surface area contributed by atoms with Crippen molar-refractivity contribution in [1.29, 1.82) is 0 Å². The van der Waals surface area contributed by atoms with Crippen LogP contribution in [0.2, 0.25) is 0 Å². The zero-order valence-electron chi connectivity index (χ0n) is 9.66. The first kappa shape index (κ1) is 9.70. The fourth-order valence-corrected chi connectivity index (χ4v) is 2.63. The first-order valence-electron chi connectivity index (χ1n) is 5.95. The monoisotopic (exact) mass is 215 g/mol. The molecular formula is C13H17N3. The molecule has 0 amide bonds. The number of nitrogens with one attached hydrogen (secondary N) is 1. The van der Waals surface area contributed by atoms with Gasteiger partial charge in [0, 0.05) is 18.8 Å². The van der Waals surface area contributed by atoms with Gasteiger partial charge in [0.1, 0.15) is 5.84 Å². The van der Waals surface area contributed by atoms with Crippen LogP contribution in [0, 0.1) is 6.92 Å². The molecule has 0 saturated carbocycles. The fraction of sp³-hybridized carbons (Fsp3) is 0.462. The number of rotatable bonds is 2. The van der Waals surface area contributed by atoms with E-state index >= 15 is 0 Å². The molecule has 0 atom stereocenters. The van der Waals surface area contributed by atoms with E-state index in [1.165, 1.54) is 23.2 Å². The Morgan fingerprint density at radius 3 is 3.19 bits per heavy atom. The number of nitrogens with zero attached hydrogens (tertiary/aromatic N) is 2. The third kappa shape index (κ3) is 1.56. The van der Waals surface area contributed by atoms with Gasteiger partial charge in [-0.2, -0.15) is 0 Å². The Balaban J connectivity index is 1.85. The number of anilines is 1. The highest BCUT2D eigenvalue weighted by Crippen LogP contribution is 2.30. The van der Waals surface area contributed by atoms with Gasteiger partial charge in [-0.1, -0.05) is 18.2 Å². The summed E-state index contributed by atoms with van der Waals surface area (Å²) in [6, 6.07) is 6.59. The Morgan fingerprint density at radius 2 is 2.38 bits per heavy atom. The SMILES string of the molecule is Cc1cccc2c1N(CC1=NCCN1)CC2. The average Bonchev–Trinajstić information content (AvgIpc) is 2.90. The summed E-state index contributed by atoms with van der Waals surface area (Å²) in [4.78, 5) is 6.91. The second-order valence-corrected chi connectivity index (χ2v) is 4.51. The van der Waals surface area contributed by atoms with E-state index in [9.17, 15) is 0 Å². The van der Waals surface area contributed by atoms with Crippen molar-refractivity contribution >= 4 is 11.5 Å². The zero-order chi connectivity index (χ0) is 11.0. The van der Waals surface area contributed by atoms with E-state index < -0.39 is 0 Å². The van der Waals surface area contributed by atoms with Crippen LogP contribution in [0.4, 0.5) is 5.69 Å². The number of fused-ring (bicyclic) bond motifs is 1. The summed E-state index contributed by atoms with van der Waals surface area (Å²) in [6.07, 6.45) is 1.17. The van der Waals surface area contributed by atoms with Crippen LogP contribution in [0.1, 0.15) is 11.1 Å². The van der Waals surface area contributed by atoms with E-state index in [0.29, 0.717) is 0 Å². The van der Waals surface area contributed by atoms with E-state index in [-0.39, 0.29) is 0 Å². The molecule has 1 N–H and O–H groups in total. The summed E-state index contributed by atoms with van der Waals surface area (Å²) in [5.41, 5.74) is 4.30. The van der Waals surface area contributed by atoms with Crippen LogP contribution in [-0.4, -0.2) is 32.0 Å². The summed E-state index contributed by atoms with van der Waals surface area (Å²) in [6.45, 7) is 6.20. The Hall–Kier alpha value is -1.51. The largest absolute Gasteiger partial charge is 0.370 e. The highest BCUT2D eigenvalue weighted by Gasteiger charge is 2.22. The molecule has 3 heteroatoms. The lowest BCUT2D eigenvalue weighted by molar-refractivity contribution is 0.895. The number of amidine groups is 1. The lowest BCUT2D eigenvalue weighted by Gasteiger charge is -2.21. The van der Waals surface area contributed by atoms with Gasteiger partial charge in [0.2, 0.25) is 0 Å². The molecule has 1 aromatic carbocycles. The van der Waals surface area contributed by atoms with Gasteiger partial charge in [-0.05, 0) is 24.5 Å². The Labute approximate surface area is 96.2 Å². The lowest BCUT2D eigenvalue weighted by Crippen LogP contribution is -2.34. The number of aliphatic imine (C=N–C) groups is 1. The van der Waals surface area contributed by atoms with Gasteiger partial charge in [-0.3, -0.25) is 4.99 Å². The number of hydrogen-bond donors (Lipinski definition) is 1. The third-order valence-electron chi connectivity index (χ3n) is 3.37. The van der Waals surface area contributed by atoms with Crippen molar-refractivity contribution in [2.45, 2.75) is 13.3 Å². The van der Waals surface area contributed by atoms with E-state index in [1.807, 2.05) is 0 Å². The second-order valence-electron chi connectivity index (χ2n) is 4.51. The Kier molecular flexibility index (Phi) is 2.31. The third-order valence-corrected chi connectivity index (χ3v) is 3.37. The second kappa shape index (κ2) is 3.81. The predicted molar refractivity (Wildman–Crippen MR) is 67.4 cm³/mol. The van der Waals surface area contributed by atoms with E-state index in [2.05, 4.69) is 40.3 Å². The van der Waals surface area contributed by atoms with Gasteiger partial charge in [0.15, 0.2) is 0 Å². The molecule has 16 heavy (non-hydrogen) atoms. The molecule has 3 rings (SSSR count). The average molecular weight is 215 g/mol. The minimum atomic E-state index is 0.934. The van der Waals surface area contributed by atoms with Crippen molar-refractivity contribution in [3.05, 3.63) is 29.3 Å². The first-order chi connectivity index (χ1) is 7.84. The summed E-state index contributed by atoms with van der Waals surface area (Å²) < 4.78 is 0. The summed E-state index contributed by atoms with van der Waals surface area (Å²) >= 11 is 0. The van der Waals surface area contributed by atoms with Crippen LogP contribution in [0.5, 0.6) is 0 Å². The molecule has 1 aromatic rings. The summed E-state index contributed by atoms with van der Waals surface area (Å²) in [7, 11) is 0. The molecule has 2 aliphatic heterocycles. The van der Waals surface area contributed by atoms with Crippen LogP contribution in [0.3, 0.4) is 0 Å². The quantitative estimate of drug-likeness (QED) is 0.806. The van der Waals surface area contributed by atoms with E-state index in [4.69, 9.17) is 0 Å². The maximum Gasteiger partial charge on any atom is 0.116 e. The maximum atomic E-state index is 4.47. The molecule has 2 heterocycles. The molecule has 0 saturated heterocycles. The molecule has 0 spiro atoms. The molecule has 0 radical (unpaired) electrons. The molecule has 0 aliphatic carbocycles.